The molecule has 0 saturated carbocycles. The minimum Gasteiger partial charge on any atom is -0.149 e. The first kappa shape index (κ1) is 35.4. The van der Waals surface area contributed by atoms with Crippen molar-refractivity contribution in [3.63, 3.8) is 0 Å². The van der Waals surface area contributed by atoms with E-state index < -0.39 is 0 Å². The molecule has 228 valence electrons. The first-order chi connectivity index (χ1) is 21.4. The van der Waals surface area contributed by atoms with Crippen LogP contribution in [-0.2, 0) is 19.2 Å². The molecule has 8 aromatic carbocycles. The van der Waals surface area contributed by atoms with E-state index in [0.29, 0.717) is 0 Å². The van der Waals surface area contributed by atoms with Crippen LogP contribution >= 0.6 is 24.8 Å². The summed E-state index contributed by atoms with van der Waals surface area (Å²) in [5.41, 5.74) is 8.11. The van der Waals surface area contributed by atoms with E-state index in [4.69, 9.17) is 0 Å². The smallest absolute Gasteiger partial charge is 0.0186 e. The standard InChI is InChI=1S/2C20H15.C2H6Si.2ClH.Ti/c2*1-14-13-16-8-3-5-11-18(16)20(14)19-12-6-9-15-7-2-4-10-17(15)19;1-3-2;;;/h2*2-13H,1H3;1-2H3;2*1H;/q2*-1;;;;+2. The summed E-state index contributed by atoms with van der Waals surface area (Å²) in [5.74, 6) is 0. The van der Waals surface area contributed by atoms with Crippen LogP contribution in [0, 0.1) is 13.8 Å². The summed E-state index contributed by atoms with van der Waals surface area (Å²) in [6.07, 6.45) is 0.120. The van der Waals surface area contributed by atoms with Crippen molar-refractivity contribution >= 4 is 74.1 Å². The first-order valence-electron chi connectivity index (χ1n) is 15.2. The van der Waals surface area contributed by atoms with E-state index in [2.05, 4.69) is 192 Å². The Morgan fingerprint density at radius 1 is 0.435 bits per heavy atom. The molecule has 4 heteroatoms. The third-order valence-electron chi connectivity index (χ3n) is 8.11. The fraction of sp³-hybridized carbons (Fsp3) is 0.0952. The van der Waals surface area contributed by atoms with E-state index in [1.54, 1.807) is 0 Å². The minimum absolute atomic E-state index is 0. The Kier molecular flexibility index (Phi) is 12.3. The third kappa shape index (κ3) is 7.41. The summed E-state index contributed by atoms with van der Waals surface area (Å²) in [6, 6.07) is 52.2. The van der Waals surface area contributed by atoms with Gasteiger partial charge in [-0.05, 0) is 21.5 Å². The molecule has 0 spiro atoms. The Hall–Kier alpha value is -3.43. The Balaban J connectivity index is 0.000000180. The molecule has 46 heavy (non-hydrogen) atoms. The molecule has 0 N–H and O–H groups in total. The van der Waals surface area contributed by atoms with E-state index in [9.17, 15) is 0 Å². The number of halogens is 2. The monoisotopic (exact) mass is 688 g/mol. The molecule has 0 radical (unpaired) electrons. The molecule has 8 aromatic rings. The summed E-state index contributed by atoms with van der Waals surface area (Å²) >= 11 is 2.27. The second kappa shape index (κ2) is 15.9. The average molecular weight is 690 g/mol. The zero-order chi connectivity index (χ0) is 30.6. The van der Waals surface area contributed by atoms with Crippen molar-refractivity contribution in [1.29, 1.82) is 0 Å². The molecule has 8 rings (SSSR count). The molecule has 0 amide bonds. The number of benzene rings is 6. The Morgan fingerprint density at radius 2 is 0.739 bits per heavy atom. The van der Waals surface area contributed by atoms with Crippen LogP contribution in [-0.4, -0.2) is 6.19 Å². The maximum atomic E-state index is 2.28. The molecule has 0 bridgehead atoms. The molecule has 0 aromatic heterocycles. The van der Waals surface area contributed by atoms with Crippen molar-refractivity contribution in [2.75, 3.05) is 0 Å². The molecular weight excluding hydrogens is 651 g/mol. The number of aryl methyl sites for hydroxylation is 2. The number of hydrogen-bond acceptors (Lipinski definition) is 0. The topological polar surface area (TPSA) is 0 Å². The maximum Gasteiger partial charge on any atom is -0.0186 e. The SMILES string of the molecule is C[Si](C)=[Ti+2].Cc1[cH-]c2ccccc2c1-c1cccc2ccccc12.Cc1[cH-]c2ccccc2c1-c1cccc2ccccc12.Cl.Cl. The van der Waals surface area contributed by atoms with E-state index in [-0.39, 0.29) is 31.0 Å². The second-order valence-electron chi connectivity index (χ2n) is 11.6. The molecule has 0 nitrogen and oxygen atoms in total. The summed E-state index contributed by atoms with van der Waals surface area (Å²) in [5, 5.41) is 10.6. The quantitative estimate of drug-likeness (QED) is 0.125. The van der Waals surface area contributed by atoms with Gasteiger partial charge >= 0.3 is 38.5 Å². The zero-order valence-electron chi connectivity index (χ0n) is 26.7. The van der Waals surface area contributed by atoms with Crippen molar-refractivity contribution in [3.8, 4) is 22.3 Å². The van der Waals surface area contributed by atoms with Crippen LogP contribution in [0.25, 0.3) is 65.3 Å². The minimum atomic E-state index is 0. The predicted octanol–water partition coefficient (Wildman–Crippen LogP) is 13.0. The van der Waals surface area contributed by atoms with Crippen molar-refractivity contribution < 1.29 is 19.2 Å². The van der Waals surface area contributed by atoms with Crippen LogP contribution in [0.1, 0.15) is 11.1 Å². The molecule has 0 aliphatic heterocycles. The Bertz CT molecular complexity index is 2090. The van der Waals surface area contributed by atoms with Crippen molar-refractivity contribution in [1.82, 2.24) is 0 Å². The Labute approximate surface area is 297 Å². The summed E-state index contributed by atoms with van der Waals surface area (Å²) in [7, 11) is 0. The largest absolute Gasteiger partial charge is 0.149 e. The maximum absolute atomic E-state index is 2.28. The van der Waals surface area contributed by atoms with Crippen molar-refractivity contribution in [2.24, 2.45) is 0 Å². The first-order valence-corrected chi connectivity index (χ1v) is 20.0. The van der Waals surface area contributed by atoms with Gasteiger partial charge in [-0.3, -0.25) is 0 Å². The van der Waals surface area contributed by atoms with Crippen LogP contribution in [0.15, 0.2) is 146 Å². The predicted molar refractivity (Wildman–Crippen MR) is 206 cm³/mol. The number of fused-ring (bicyclic) bond motifs is 4. The third-order valence-corrected chi connectivity index (χ3v) is 8.11. The van der Waals surface area contributed by atoms with Crippen LogP contribution in [0.3, 0.4) is 0 Å². The van der Waals surface area contributed by atoms with E-state index >= 15 is 0 Å². The molecule has 0 saturated heterocycles. The fourth-order valence-electron chi connectivity index (χ4n) is 6.34. The molecule has 0 fully saturated rings. The molecule has 0 heterocycles. The van der Waals surface area contributed by atoms with Crippen LogP contribution < -0.4 is 0 Å². The van der Waals surface area contributed by atoms with Gasteiger partial charge in [-0.25, -0.2) is 0 Å². The van der Waals surface area contributed by atoms with Gasteiger partial charge in [0.05, 0.1) is 0 Å². The van der Waals surface area contributed by atoms with Gasteiger partial charge in [-0.2, -0.15) is 0 Å². The van der Waals surface area contributed by atoms with Gasteiger partial charge in [-0.1, -0.05) is 122 Å². The second-order valence-corrected chi connectivity index (χ2v) is 18.3. The molecule has 0 unspecified atom stereocenters. The van der Waals surface area contributed by atoms with Gasteiger partial charge < -0.3 is 0 Å². The summed E-state index contributed by atoms with van der Waals surface area (Å²) < 4.78 is 0. The zero-order valence-corrected chi connectivity index (χ0v) is 30.9. The van der Waals surface area contributed by atoms with E-state index in [1.807, 2.05) is 0 Å². The van der Waals surface area contributed by atoms with Crippen LogP contribution in [0.4, 0.5) is 0 Å². The molecule has 0 atom stereocenters. The van der Waals surface area contributed by atoms with Crippen LogP contribution in [0.5, 0.6) is 0 Å². The van der Waals surface area contributed by atoms with Gasteiger partial charge in [0, 0.05) is 0 Å². The molecule has 0 aliphatic carbocycles. The fourth-order valence-corrected chi connectivity index (χ4v) is 6.34. The van der Waals surface area contributed by atoms with Crippen molar-refractivity contribution in [3.05, 3.63) is 157 Å². The van der Waals surface area contributed by atoms with Gasteiger partial charge in [-0.15, -0.1) is 117 Å². The Morgan fingerprint density at radius 3 is 1.13 bits per heavy atom. The summed E-state index contributed by atoms with van der Waals surface area (Å²) in [4.78, 5) is 0. The van der Waals surface area contributed by atoms with Gasteiger partial charge in [0.1, 0.15) is 0 Å². The number of hydrogen-bond donors (Lipinski definition) is 0. The molecular formula is C42H38Cl2SiTi. The average Bonchev–Trinajstić information content (AvgIpc) is 3.55. The molecule has 0 aliphatic rings. The number of rotatable bonds is 2. The van der Waals surface area contributed by atoms with Crippen LogP contribution in [0.2, 0.25) is 13.1 Å². The van der Waals surface area contributed by atoms with Gasteiger partial charge in [0.2, 0.25) is 0 Å². The normalized spacial score (nSPS) is 10.4. The summed E-state index contributed by atoms with van der Waals surface area (Å²) in [6.45, 7) is 8.95. The van der Waals surface area contributed by atoms with Crippen molar-refractivity contribution in [2.45, 2.75) is 26.9 Å². The van der Waals surface area contributed by atoms with E-state index in [1.165, 1.54) is 76.5 Å². The van der Waals surface area contributed by atoms with Gasteiger partial charge in [0.25, 0.3) is 0 Å². The van der Waals surface area contributed by atoms with E-state index in [0.717, 1.165) is 0 Å². The van der Waals surface area contributed by atoms with Gasteiger partial charge in [0.15, 0.2) is 0 Å².